The van der Waals surface area contributed by atoms with Gasteiger partial charge in [-0.1, -0.05) is 17.7 Å². The van der Waals surface area contributed by atoms with E-state index in [2.05, 4.69) is 4.98 Å². The third-order valence-corrected chi connectivity index (χ3v) is 4.37. The second-order valence-electron chi connectivity index (χ2n) is 6.25. The van der Waals surface area contributed by atoms with Crippen molar-refractivity contribution in [1.29, 1.82) is 0 Å². The van der Waals surface area contributed by atoms with E-state index in [1.807, 2.05) is 32.0 Å². The van der Waals surface area contributed by atoms with Crippen molar-refractivity contribution in [2.24, 2.45) is 0 Å². The molecule has 4 rings (SSSR count). The first kappa shape index (κ1) is 16.2. The summed E-state index contributed by atoms with van der Waals surface area (Å²) in [5.41, 5.74) is 3.84. The van der Waals surface area contributed by atoms with Crippen LogP contribution in [0.5, 0.6) is 0 Å². The second-order valence-corrected chi connectivity index (χ2v) is 6.25. The van der Waals surface area contributed by atoms with E-state index in [1.54, 1.807) is 16.8 Å². The molecule has 26 heavy (non-hydrogen) atoms. The fourth-order valence-corrected chi connectivity index (χ4v) is 2.96. The lowest BCUT2D eigenvalue weighted by Crippen LogP contribution is -2.20. The monoisotopic (exact) mass is 351 g/mol. The Balaban J connectivity index is 1.90. The molecule has 0 saturated heterocycles. The van der Waals surface area contributed by atoms with Crippen LogP contribution in [0.2, 0.25) is 0 Å². The van der Waals surface area contributed by atoms with Gasteiger partial charge in [0.25, 0.3) is 5.56 Å². The number of hydrogen-bond donors (Lipinski definition) is 0. The van der Waals surface area contributed by atoms with E-state index < -0.39 is 17.2 Å². The molecule has 0 saturated carbocycles. The van der Waals surface area contributed by atoms with Gasteiger partial charge in [-0.2, -0.15) is 0 Å². The predicted molar refractivity (Wildman–Crippen MR) is 95.6 cm³/mol. The van der Waals surface area contributed by atoms with Gasteiger partial charge in [0, 0.05) is 30.2 Å². The van der Waals surface area contributed by atoms with E-state index in [0.717, 1.165) is 28.8 Å². The smallest absolute Gasteiger partial charge is 0.298 e. The minimum Gasteiger partial charge on any atom is -0.300 e. The molecule has 4 aromatic rings. The van der Waals surface area contributed by atoms with E-state index in [4.69, 9.17) is 0 Å². The zero-order valence-electron chi connectivity index (χ0n) is 14.2. The van der Waals surface area contributed by atoms with Crippen molar-refractivity contribution >= 4 is 5.65 Å². The van der Waals surface area contributed by atoms with Gasteiger partial charge in [-0.15, -0.1) is 0 Å². The summed E-state index contributed by atoms with van der Waals surface area (Å²) in [6.45, 7) is 3.98. The van der Waals surface area contributed by atoms with Crippen LogP contribution in [0, 0.1) is 25.5 Å². The lowest BCUT2D eigenvalue weighted by atomic mass is 10.0. The van der Waals surface area contributed by atoms with Crippen LogP contribution in [-0.2, 0) is 0 Å². The number of nitrogens with zero attached hydrogens (tertiary/aromatic N) is 3. The van der Waals surface area contributed by atoms with E-state index in [0.29, 0.717) is 5.69 Å². The summed E-state index contributed by atoms with van der Waals surface area (Å²) in [4.78, 5) is 17.3. The van der Waals surface area contributed by atoms with Crippen LogP contribution in [0.1, 0.15) is 11.1 Å². The highest BCUT2D eigenvalue weighted by molar-refractivity contribution is 5.66. The molecule has 0 unspecified atom stereocenters. The number of benzene rings is 2. The van der Waals surface area contributed by atoms with Crippen LogP contribution in [0.25, 0.3) is 22.6 Å². The number of hydrogen-bond acceptors (Lipinski definition) is 2. The zero-order chi connectivity index (χ0) is 18.4. The molecule has 2 aromatic carbocycles. The third kappa shape index (κ3) is 2.60. The lowest BCUT2D eigenvalue weighted by Gasteiger charge is -2.06. The second kappa shape index (κ2) is 5.91. The molecule has 4 nitrogen and oxygen atoms in total. The molecular weight excluding hydrogens is 336 g/mol. The van der Waals surface area contributed by atoms with Crippen LogP contribution in [-0.4, -0.2) is 14.0 Å². The number of aromatic nitrogens is 3. The molecular formula is C20H15F2N3O. The number of halogens is 2. The highest BCUT2D eigenvalue weighted by atomic mass is 19.2. The average Bonchev–Trinajstić information content (AvgIpc) is 3.05. The van der Waals surface area contributed by atoms with Gasteiger partial charge < -0.3 is 4.40 Å². The molecule has 0 aliphatic rings. The third-order valence-electron chi connectivity index (χ3n) is 4.37. The van der Waals surface area contributed by atoms with Gasteiger partial charge in [-0.25, -0.2) is 13.8 Å². The molecule has 0 spiro atoms. The van der Waals surface area contributed by atoms with Gasteiger partial charge >= 0.3 is 0 Å². The van der Waals surface area contributed by atoms with Gasteiger partial charge in [0.2, 0.25) is 5.65 Å². The van der Waals surface area contributed by atoms with Gasteiger partial charge in [0.15, 0.2) is 11.6 Å². The first-order valence-corrected chi connectivity index (χ1v) is 8.07. The van der Waals surface area contributed by atoms with Crippen molar-refractivity contribution in [3.05, 3.63) is 88.1 Å². The van der Waals surface area contributed by atoms with Gasteiger partial charge in [0.05, 0.1) is 11.4 Å². The molecule has 0 bridgehead atoms. The Morgan fingerprint density at radius 3 is 2.54 bits per heavy atom. The number of imidazole rings is 1. The standard InChI is InChI=1S/C20H15F2N3O/c1-12-3-4-13(2)15(9-12)18-11-24-7-8-25(20(26)19(24)23-18)14-5-6-16(21)17(22)10-14/h3-11H,1-2H3. The van der Waals surface area contributed by atoms with Crippen molar-refractivity contribution < 1.29 is 8.78 Å². The first-order valence-electron chi connectivity index (χ1n) is 8.07. The Labute approximate surface area is 148 Å². The number of rotatable bonds is 2. The van der Waals surface area contributed by atoms with Crippen molar-refractivity contribution in [3.8, 4) is 16.9 Å². The molecule has 0 amide bonds. The fourth-order valence-electron chi connectivity index (χ4n) is 2.96. The molecule has 0 N–H and O–H groups in total. The zero-order valence-corrected chi connectivity index (χ0v) is 14.2. The molecule has 6 heteroatoms. The first-order chi connectivity index (χ1) is 12.4. The Morgan fingerprint density at radius 1 is 0.962 bits per heavy atom. The number of aryl methyl sites for hydroxylation is 2. The average molecular weight is 351 g/mol. The number of fused-ring (bicyclic) bond motifs is 1. The maximum atomic E-state index is 13.5. The van der Waals surface area contributed by atoms with Crippen molar-refractivity contribution in [3.63, 3.8) is 0 Å². The maximum Gasteiger partial charge on any atom is 0.298 e. The topological polar surface area (TPSA) is 39.3 Å². The minimum atomic E-state index is -1.01. The Bertz CT molecular complexity index is 1210. The summed E-state index contributed by atoms with van der Waals surface area (Å²) in [6, 6.07) is 9.38. The molecule has 2 heterocycles. The molecule has 130 valence electrons. The molecule has 0 aliphatic heterocycles. The largest absolute Gasteiger partial charge is 0.300 e. The Morgan fingerprint density at radius 2 is 1.77 bits per heavy atom. The normalized spacial score (nSPS) is 11.2. The van der Waals surface area contributed by atoms with Crippen LogP contribution in [0.15, 0.2) is 59.8 Å². The summed E-state index contributed by atoms with van der Waals surface area (Å²) >= 11 is 0. The van der Waals surface area contributed by atoms with Crippen LogP contribution in [0.4, 0.5) is 8.78 Å². The van der Waals surface area contributed by atoms with Gasteiger partial charge in [-0.05, 0) is 37.6 Å². The molecule has 0 aliphatic carbocycles. The van der Waals surface area contributed by atoms with E-state index >= 15 is 0 Å². The predicted octanol–water partition coefficient (Wildman–Crippen LogP) is 4.05. The van der Waals surface area contributed by atoms with Crippen molar-refractivity contribution in [2.45, 2.75) is 13.8 Å². The quantitative estimate of drug-likeness (QED) is 0.547. The summed E-state index contributed by atoms with van der Waals surface area (Å²) in [6.07, 6.45) is 4.96. The van der Waals surface area contributed by atoms with Gasteiger partial charge in [0.1, 0.15) is 0 Å². The summed E-state index contributed by atoms with van der Waals surface area (Å²) in [5.74, 6) is -1.96. The van der Waals surface area contributed by atoms with Gasteiger partial charge in [-0.3, -0.25) is 9.36 Å². The highest BCUT2D eigenvalue weighted by Gasteiger charge is 2.13. The van der Waals surface area contributed by atoms with E-state index in [-0.39, 0.29) is 11.3 Å². The molecule has 0 atom stereocenters. The SMILES string of the molecule is Cc1ccc(C)c(-c2cn3ccn(-c4ccc(F)c(F)c4)c(=O)c3n2)c1. The lowest BCUT2D eigenvalue weighted by molar-refractivity contribution is 0.508. The molecule has 0 radical (unpaired) electrons. The maximum absolute atomic E-state index is 13.5. The Kier molecular flexibility index (Phi) is 3.68. The molecule has 2 aromatic heterocycles. The van der Waals surface area contributed by atoms with Crippen LogP contribution < -0.4 is 5.56 Å². The minimum absolute atomic E-state index is 0.216. The summed E-state index contributed by atoms with van der Waals surface area (Å²) in [7, 11) is 0. The Hall–Kier alpha value is -3.28. The van der Waals surface area contributed by atoms with Crippen LogP contribution in [0.3, 0.4) is 0 Å². The van der Waals surface area contributed by atoms with E-state index in [9.17, 15) is 13.6 Å². The fraction of sp³-hybridized carbons (Fsp3) is 0.100. The van der Waals surface area contributed by atoms with Crippen LogP contribution >= 0.6 is 0 Å². The highest BCUT2D eigenvalue weighted by Crippen LogP contribution is 2.23. The summed E-state index contributed by atoms with van der Waals surface area (Å²) in [5, 5.41) is 0. The van der Waals surface area contributed by atoms with E-state index in [1.165, 1.54) is 16.8 Å². The summed E-state index contributed by atoms with van der Waals surface area (Å²) < 4.78 is 29.5. The molecule has 0 fully saturated rings. The van der Waals surface area contributed by atoms with Crippen molar-refractivity contribution in [1.82, 2.24) is 14.0 Å². The van der Waals surface area contributed by atoms with Crippen molar-refractivity contribution in [2.75, 3.05) is 0 Å².